The highest BCUT2D eigenvalue weighted by molar-refractivity contribution is 5.81. The first-order valence-corrected chi connectivity index (χ1v) is 13.3. The molecule has 1 saturated heterocycles. The second-order valence-electron chi connectivity index (χ2n) is 12.4. The number of hydrogen-bond donors (Lipinski definition) is 1. The molecule has 1 aliphatic heterocycles. The number of cyclic esters (lactones) is 1. The van der Waals surface area contributed by atoms with Crippen LogP contribution in [-0.2, 0) is 33.3 Å². The van der Waals surface area contributed by atoms with Crippen molar-refractivity contribution in [2.24, 2.45) is 5.92 Å². The highest BCUT2D eigenvalue weighted by Crippen LogP contribution is 2.22. The molecule has 1 aliphatic rings. The van der Waals surface area contributed by atoms with E-state index in [2.05, 4.69) is 11.7 Å². The van der Waals surface area contributed by atoms with Gasteiger partial charge in [-0.3, -0.25) is 9.69 Å². The third-order valence-corrected chi connectivity index (χ3v) is 5.02. The fraction of sp³-hybridized carbons (Fsp3) is 0.893. The summed E-state index contributed by atoms with van der Waals surface area (Å²) < 4.78 is 27.2. The van der Waals surface area contributed by atoms with E-state index in [1.165, 1.54) is 11.9 Å². The maximum atomic E-state index is 12.5. The van der Waals surface area contributed by atoms with E-state index < -0.39 is 23.7 Å². The minimum absolute atomic E-state index is 0.0354. The number of nitrogens with zero attached hydrogens (tertiary/aromatic N) is 1. The Bertz CT molecular complexity index is 681. The van der Waals surface area contributed by atoms with Crippen LogP contribution in [0.3, 0.4) is 0 Å². The molecule has 2 unspecified atom stereocenters. The van der Waals surface area contributed by atoms with Crippen molar-refractivity contribution in [3.05, 3.63) is 0 Å². The summed E-state index contributed by atoms with van der Waals surface area (Å²) in [7, 11) is 1.51. The van der Waals surface area contributed by atoms with Crippen molar-refractivity contribution >= 4 is 18.5 Å². The Kier molecular flexibility index (Phi) is 17.7. The van der Waals surface area contributed by atoms with Gasteiger partial charge in [-0.15, -0.1) is 0 Å². The number of hydrogen-bond acceptors (Lipinski definition) is 9. The zero-order chi connectivity index (χ0) is 30.3. The van der Waals surface area contributed by atoms with Crippen molar-refractivity contribution in [3.63, 3.8) is 0 Å². The molecule has 0 aromatic rings. The molecular weight excluding hydrogens is 494 g/mol. The average molecular weight is 550 g/mol. The van der Waals surface area contributed by atoms with Gasteiger partial charge in [0.15, 0.2) is 6.04 Å². The summed E-state index contributed by atoms with van der Waals surface area (Å²) in [6.07, 6.45) is 0.296. The molecule has 0 saturated carbocycles. The third kappa shape index (κ3) is 20.1. The van der Waals surface area contributed by atoms with E-state index in [0.29, 0.717) is 32.0 Å². The molecule has 10 nitrogen and oxygen atoms in total. The van der Waals surface area contributed by atoms with E-state index in [9.17, 15) is 14.4 Å². The monoisotopic (exact) mass is 549 g/mol. The van der Waals surface area contributed by atoms with Crippen LogP contribution < -0.4 is 0 Å². The topological polar surface area (TPSA) is 121 Å². The van der Waals surface area contributed by atoms with Gasteiger partial charge >= 0.3 is 12.1 Å². The first-order valence-electron chi connectivity index (χ1n) is 13.3. The van der Waals surface area contributed by atoms with Gasteiger partial charge < -0.3 is 28.8 Å². The van der Waals surface area contributed by atoms with Crippen molar-refractivity contribution in [2.45, 2.75) is 131 Å². The van der Waals surface area contributed by atoms with Crippen LogP contribution in [0.4, 0.5) is 4.79 Å². The molecule has 38 heavy (non-hydrogen) atoms. The summed E-state index contributed by atoms with van der Waals surface area (Å²) >= 11 is 0. The largest absolute Gasteiger partial charge is 0.462 e. The van der Waals surface area contributed by atoms with Gasteiger partial charge in [0.05, 0.1) is 24.9 Å². The summed E-state index contributed by atoms with van der Waals surface area (Å²) in [5, 5.41) is 8.14. The second kappa shape index (κ2) is 17.6. The van der Waals surface area contributed by atoms with Crippen molar-refractivity contribution in [1.82, 2.24) is 4.90 Å². The van der Waals surface area contributed by atoms with Crippen molar-refractivity contribution in [3.8, 4) is 0 Å². The molecular formula is C28H55NO9. The number of ether oxygens (including phenoxy) is 5. The van der Waals surface area contributed by atoms with E-state index >= 15 is 0 Å². The number of aliphatic hydroxyl groups is 1. The van der Waals surface area contributed by atoms with Crippen LogP contribution in [0.5, 0.6) is 0 Å². The lowest BCUT2D eigenvalue weighted by molar-refractivity contribution is -0.156. The zero-order valence-corrected chi connectivity index (χ0v) is 26.1. The highest BCUT2D eigenvalue weighted by Gasteiger charge is 2.35. The molecule has 0 radical (unpaired) electrons. The van der Waals surface area contributed by atoms with Crippen LogP contribution in [0.25, 0.3) is 0 Å². The molecule has 0 spiro atoms. The molecule has 1 rings (SSSR count). The molecule has 0 bridgehead atoms. The zero-order valence-electron chi connectivity index (χ0n) is 26.1. The Balaban J connectivity index is 0. The van der Waals surface area contributed by atoms with Crippen LogP contribution in [0, 0.1) is 5.92 Å². The lowest BCUT2D eigenvalue weighted by atomic mass is 10.1. The van der Waals surface area contributed by atoms with E-state index in [-0.39, 0.29) is 30.0 Å². The molecule has 3 atom stereocenters. The normalized spacial score (nSPS) is 20.7. The molecule has 10 heteroatoms. The Morgan fingerprint density at radius 3 is 2.00 bits per heavy atom. The number of carbonyl (C=O) groups is 3. The summed E-state index contributed by atoms with van der Waals surface area (Å²) in [5.74, 6) is -0.0590. The SMILES string of the molecule is CC(C)(C)OC=O.CC(C)CO.CCC(C)(C)OC1COC[C@H](N(C)C(=O)OC(C)(C)C)C(=O)OC(C)C1. The predicted octanol–water partition coefficient (Wildman–Crippen LogP) is 4.74. The molecule has 0 aromatic carbocycles. The van der Waals surface area contributed by atoms with E-state index in [1.54, 1.807) is 20.8 Å². The summed E-state index contributed by atoms with van der Waals surface area (Å²) in [5.41, 5.74) is -1.24. The molecule has 0 aliphatic carbocycles. The Morgan fingerprint density at radius 1 is 1.11 bits per heavy atom. The number of aliphatic hydroxyl groups excluding tert-OH is 1. The minimum Gasteiger partial charge on any atom is -0.462 e. The number of likely N-dealkylation sites (N-methyl/N-ethyl adjacent to an activating group) is 1. The quantitative estimate of drug-likeness (QED) is 0.284. The molecule has 1 N–H and O–H groups in total. The minimum atomic E-state index is -0.856. The molecule has 1 amide bonds. The van der Waals surface area contributed by atoms with Gasteiger partial charge in [-0.2, -0.15) is 0 Å². The van der Waals surface area contributed by atoms with Gasteiger partial charge in [-0.05, 0) is 74.7 Å². The van der Waals surface area contributed by atoms with Crippen molar-refractivity contribution in [1.29, 1.82) is 0 Å². The fourth-order valence-electron chi connectivity index (χ4n) is 2.63. The lowest BCUT2D eigenvalue weighted by Crippen LogP contribution is -2.48. The Labute approximate surface area is 230 Å². The highest BCUT2D eigenvalue weighted by atomic mass is 16.6. The lowest BCUT2D eigenvalue weighted by Gasteiger charge is -2.30. The third-order valence-electron chi connectivity index (χ3n) is 5.02. The predicted molar refractivity (Wildman–Crippen MR) is 147 cm³/mol. The standard InChI is InChI=1S/C19H35NO6.C5H10O2.C4H10O/c1-9-19(6,7)25-14-10-13(2)24-16(21)15(12-23-11-14)20(8)17(22)26-18(3,4)5;1-5(2,3)7-4-6;1-4(2)3-5/h13-15H,9-12H2,1-8H3;4H,1-3H3;4-5H,3H2,1-2H3/t13?,14?,15-;;/m0../s1. The summed E-state index contributed by atoms with van der Waals surface area (Å²) in [4.78, 5) is 35.6. The van der Waals surface area contributed by atoms with E-state index in [0.717, 1.165) is 6.42 Å². The molecule has 1 fully saturated rings. The fourth-order valence-corrected chi connectivity index (χ4v) is 2.63. The van der Waals surface area contributed by atoms with Crippen LogP contribution in [0.15, 0.2) is 0 Å². The van der Waals surface area contributed by atoms with E-state index in [4.69, 9.17) is 24.1 Å². The Morgan fingerprint density at radius 2 is 1.63 bits per heavy atom. The number of rotatable bonds is 6. The van der Waals surface area contributed by atoms with Gasteiger partial charge in [-0.1, -0.05) is 20.8 Å². The second-order valence-corrected chi connectivity index (χ2v) is 12.4. The smallest absolute Gasteiger partial charge is 0.410 e. The molecule has 0 aromatic heterocycles. The van der Waals surface area contributed by atoms with E-state index in [1.807, 2.05) is 55.4 Å². The average Bonchev–Trinajstić information content (AvgIpc) is 2.80. The van der Waals surface area contributed by atoms with Gasteiger partial charge in [0.2, 0.25) is 0 Å². The van der Waals surface area contributed by atoms with Gasteiger partial charge in [0.1, 0.15) is 17.3 Å². The first-order chi connectivity index (χ1) is 17.2. The molecule has 1 heterocycles. The number of amides is 1. The molecule has 226 valence electrons. The first kappa shape index (κ1) is 38.2. The number of esters is 1. The van der Waals surface area contributed by atoms with Crippen LogP contribution >= 0.6 is 0 Å². The Hall–Kier alpha value is -1.91. The van der Waals surface area contributed by atoms with Crippen molar-refractivity contribution < 1.29 is 43.2 Å². The van der Waals surface area contributed by atoms with Crippen LogP contribution in [0.1, 0.15) is 95.9 Å². The van der Waals surface area contributed by atoms with Crippen molar-refractivity contribution in [2.75, 3.05) is 26.9 Å². The van der Waals surface area contributed by atoms with Gasteiger partial charge in [0.25, 0.3) is 6.47 Å². The summed E-state index contributed by atoms with van der Waals surface area (Å²) in [6.45, 7) is 23.8. The number of carbonyl (C=O) groups excluding carboxylic acids is 3. The van der Waals surface area contributed by atoms with Crippen LogP contribution in [-0.4, -0.2) is 90.5 Å². The maximum absolute atomic E-state index is 12.5. The summed E-state index contributed by atoms with van der Waals surface area (Å²) in [6, 6.07) is -0.856. The maximum Gasteiger partial charge on any atom is 0.410 e. The van der Waals surface area contributed by atoms with Gasteiger partial charge in [-0.25, -0.2) is 9.59 Å². The van der Waals surface area contributed by atoms with Gasteiger partial charge in [0, 0.05) is 20.1 Å². The van der Waals surface area contributed by atoms with Crippen LogP contribution in [0.2, 0.25) is 0 Å².